The number of nitrogens with zero attached hydrogens (tertiary/aromatic N) is 1. The fourth-order valence-corrected chi connectivity index (χ4v) is 0.509. The summed E-state index contributed by atoms with van der Waals surface area (Å²) >= 11 is 0. The van der Waals surface area contributed by atoms with Crippen LogP contribution in [-0.4, -0.2) is 22.6 Å². The van der Waals surface area contributed by atoms with Crippen molar-refractivity contribution in [1.29, 1.82) is 0 Å². The van der Waals surface area contributed by atoms with E-state index in [9.17, 15) is 4.79 Å². The van der Waals surface area contributed by atoms with Crippen molar-refractivity contribution in [3.05, 3.63) is 30.1 Å². The lowest BCUT2D eigenvalue weighted by Gasteiger charge is -1.88. The summed E-state index contributed by atoms with van der Waals surface area (Å²) in [5.41, 5.74) is 5.38. The summed E-state index contributed by atoms with van der Waals surface area (Å²) in [5.74, 6) is -0.442. The first-order chi connectivity index (χ1) is 5.72. The zero-order valence-electron chi connectivity index (χ0n) is 6.90. The monoisotopic (exact) mass is 168 g/mol. The molecule has 0 atom stereocenters. The molecule has 0 saturated heterocycles. The van der Waals surface area contributed by atoms with Crippen molar-refractivity contribution >= 4 is 5.91 Å². The van der Waals surface area contributed by atoms with E-state index in [2.05, 4.69) is 4.98 Å². The van der Waals surface area contributed by atoms with Crippen molar-refractivity contribution < 1.29 is 9.90 Å². The summed E-state index contributed by atoms with van der Waals surface area (Å²) in [6.45, 7) is 1.93. The number of carbonyl (C=O) groups excluding carboxylic acids is 1. The molecule has 1 heterocycles. The van der Waals surface area contributed by atoms with Gasteiger partial charge in [0.1, 0.15) is 0 Å². The number of pyridine rings is 1. The highest BCUT2D eigenvalue weighted by Crippen LogP contribution is 1.91. The Balaban J connectivity index is 0.000000354. The molecule has 12 heavy (non-hydrogen) atoms. The summed E-state index contributed by atoms with van der Waals surface area (Å²) in [4.78, 5) is 14.1. The third kappa shape index (κ3) is 4.40. The molecule has 1 amide bonds. The summed E-state index contributed by atoms with van der Waals surface area (Å²) in [7, 11) is 0. The van der Waals surface area contributed by atoms with E-state index in [0.717, 1.165) is 0 Å². The topological polar surface area (TPSA) is 76.2 Å². The van der Waals surface area contributed by atoms with Crippen LogP contribution in [0.4, 0.5) is 0 Å². The van der Waals surface area contributed by atoms with Crippen LogP contribution in [0.1, 0.15) is 17.3 Å². The summed E-state index contributed by atoms with van der Waals surface area (Å²) in [5, 5.41) is 7.57. The van der Waals surface area contributed by atoms with Gasteiger partial charge in [-0.25, -0.2) is 0 Å². The van der Waals surface area contributed by atoms with Gasteiger partial charge in [-0.1, -0.05) is 0 Å². The van der Waals surface area contributed by atoms with Crippen molar-refractivity contribution in [2.75, 3.05) is 6.61 Å². The van der Waals surface area contributed by atoms with Crippen LogP contribution in [0.15, 0.2) is 24.5 Å². The molecule has 66 valence electrons. The molecule has 1 aromatic heterocycles. The van der Waals surface area contributed by atoms with E-state index in [1.807, 2.05) is 0 Å². The SMILES string of the molecule is CCO.NC(=O)c1cccnc1. The number of aliphatic hydroxyl groups excluding tert-OH is 1. The first-order valence-corrected chi connectivity index (χ1v) is 3.53. The number of hydrogen-bond acceptors (Lipinski definition) is 3. The predicted octanol–water partition coefficient (Wildman–Crippen LogP) is 0.179. The zero-order valence-corrected chi connectivity index (χ0v) is 6.90. The number of amides is 1. The van der Waals surface area contributed by atoms with E-state index >= 15 is 0 Å². The molecular weight excluding hydrogens is 156 g/mol. The standard InChI is InChI=1S/C6H6N2O.C2H6O/c7-6(9)5-2-1-3-8-4-5;1-2-3/h1-4H,(H2,7,9);3H,2H2,1H3. The van der Waals surface area contributed by atoms with Crippen molar-refractivity contribution in [3.8, 4) is 0 Å². The highest BCUT2D eigenvalue weighted by Gasteiger charge is 1.94. The maximum absolute atomic E-state index is 10.4. The van der Waals surface area contributed by atoms with Gasteiger partial charge in [-0.05, 0) is 19.1 Å². The molecule has 1 aromatic rings. The highest BCUT2D eigenvalue weighted by molar-refractivity contribution is 5.92. The van der Waals surface area contributed by atoms with E-state index in [1.165, 1.54) is 6.20 Å². The Morgan fingerprint density at radius 3 is 2.58 bits per heavy atom. The van der Waals surface area contributed by atoms with Crippen molar-refractivity contribution in [2.45, 2.75) is 6.92 Å². The number of primary amides is 1. The van der Waals surface area contributed by atoms with Gasteiger partial charge in [-0.2, -0.15) is 0 Å². The molecule has 0 unspecified atom stereocenters. The number of carbonyl (C=O) groups is 1. The van der Waals surface area contributed by atoms with Crippen LogP contribution in [-0.2, 0) is 0 Å². The van der Waals surface area contributed by atoms with Gasteiger partial charge in [0, 0.05) is 19.0 Å². The predicted molar refractivity (Wildman–Crippen MR) is 45.5 cm³/mol. The fourth-order valence-electron chi connectivity index (χ4n) is 0.509. The Morgan fingerprint density at radius 1 is 1.75 bits per heavy atom. The third-order valence-corrected chi connectivity index (χ3v) is 0.946. The Morgan fingerprint density at radius 2 is 2.33 bits per heavy atom. The van der Waals surface area contributed by atoms with Crippen LogP contribution < -0.4 is 5.73 Å². The molecule has 0 radical (unpaired) electrons. The Hall–Kier alpha value is -1.42. The van der Waals surface area contributed by atoms with Crippen LogP contribution in [0.5, 0.6) is 0 Å². The number of aliphatic hydroxyl groups is 1. The van der Waals surface area contributed by atoms with Gasteiger partial charge in [-0.3, -0.25) is 9.78 Å². The number of aromatic nitrogens is 1. The molecule has 0 aliphatic rings. The van der Waals surface area contributed by atoms with Gasteiger partial charge in [0.05, 0.1) is 5.56 Å². The molecule has 0 saturated carbocycles. The molecular formula is C8H12N2O2. The minimum atomic E-state index is -0.442. The van der Waals surface area contributed by atoms with Crippen LogP contribution in [0.25, 0.3) is 0 Å². The summed E-state index contributed by atoms with van der Waals surface area (Å²) < 4.78 is 0. The van der Waals surface area contributed by atoms with Crippen LogP contribution in [0.2, 0.25) is 0 Å². The molecule has 4 nitrogen and oxygen atoms in total. The highest BCUT2D eigenvalue weighted by atomic mass is 16.2. The first-order valence-electron chi connectivity index (χ1n) is 3.53. The van der Waals surface area contributed by atoms with Gasteiger partial charge < -0.3 is 10.8 Å². The molecule has 0 bridgehead atoms. The molecule has 3 N–H and O–H groups in total. The van der Waals surface area contributed by atoms with Crippen LogP contribution >= 0.6 is 0 Å². The van der Waals surface area contributed by atoms with E-state index in [4.69, 9.17) is 10.8 Å². The normalized spacial score (nSPS) is 8.17. The third-order valence-electron chi connectivity index (χ3n) is 0.946. The van der Waals surface area contributed by atoms with Crippen LogP contribution in [0.3, 0.4) is 0 Å². The molecule has 0 spiro atoms. The lowest BCUT2D eigenvalue weighted by molar-refractivity contribution is 0.1000. The second kappa shape index (κ2) is 6.30. The molecule has 0 aliphatic heterocycles. The minimum absolute atomic E-state index is 0.250. The van der Waals surface area contributed by atoms with Crippen molar-refractivity contribution in [3.63, 3.8) is 0 Å². The second-order valence-electron chi connectivity index (χ2n) is 1.92. The Labute approximate surface area is 71.0 Å². The van der Waals surface area contributed by atoms with Gasteiger partial charge in [-0.15, -0.1) is 0 Å². The minimum Gasteiger partial charge on any atom is -0.397 e. The smallest absolute Gasteiger partial charge is 0.250 e. The quantitative estimate of drug-likeness (QED) is 0.628. The molecule has 0 aliphatic carbocycles. The Kier molecular flexibility index (Phi) is 5.55. The lowest BCUT2D eigenvalue weighted by atomic mass is 10.3. The van der Waals surface area contributed by atoms with Gasteiger partial charge in [0.2, 0.25) is 5.91 Å². The molecule has 1 rings (SSSR count). The average Bonchev–Trinajstić information content (AvgIpc) is 2.07. The van der Waals surface area contributed by atoms with Gasteiger partial charge in [0.25, 0.3) is 0 Å². The van der Waals surface area contributed by atoms with Crippen molar-refractivity contribution in [1.82, 2.24) is 4.98 Å². The maximum Gasteiger partial charge on any atom is 0.250 e. The number of nitrogens with two attached hydrogens (primary N) is 1. The second-order valence-corrected chi connectivity index (χ2v) is 1.92. The van der Waals surface area contributed by atoms with Gasteiger partial charge in [0.15, 0.2) is 0 Å². The van der Waals surface area contributed by atoms with Crippen molar-refractivity contribution in [2.24, 2.45) is 5.73 Å². The van der Waals surface area contributed by atoms with E-state index in [0.29, 0.717) is 5.56 Å². The largest absolute Gasteiger partial charge is 0.397 e. The van der Waals surface area contributed by atoms with E-state index < -0.39 is 5.91 Å². The van der Waals surface area contributed by atoms with E-state index in [-0.39, 0.29) is 6.61 Å². The first kappa shape index (κ1) is 10.6. The number of hydrogen-bond donors (Lipinski definition) is 2. The summed E-state index contributed by atoms with van der Waals surface area (Å²) in [6, 6.07) is 3.29. The fraction of sp³-hybridized carbons (Fsp3) is 0.250. The molecule has 0 aromatic carbocycles. The van der Waals surface area contributed by atoms with Crippen LogP contribution in [0, 0.1) is 0 Å². The zero-order chi connectivity index (χ0) is 9.40. The Bertz CT molecular complexity index is 224. The van der Waals surface area contributed by atoms with Gasteiger partial charge >= 0.3 is 0 Å². The molecule has 4 heteroatoms. The maximum atomic E-state index is 10.4. The average molecular weight is 168 g/mol. The lowest BCUT2D eigenvalue weighted by Crippen LogP contribution is -2.10. The molecule has 0 fully saturated rings. The number of rotatable bonds is 1. The summed E-state index contributed by atoms with van der Waals surface area (Å²) in [6.07, 6.45) is 3.02. The van der Waals surface area contributed by atoms with E-state index in [1.54, 1.807) is 25.3 Å².